The van der Waals surface area contributed by atoms with Crippen molar-refractivity contribution in [2.24, 2.45) is 0 Å². The Morgan fingerprint density at radius 3 is 2.41 bits per heavy atom. The molecular formula is C22H27N2O5+. The summed E-state index contributed by atoms with van der Waals surface area (Å²) in [6.45, 7) is 7.13. The number of quaternary nitrogens is 1. The summed E-state index contributed by atoms with van der Waals surface area (Å²) in [5.41, 5.74) is 0.486. The van der Waals surface area contributed by atoms with Gasteiger partial charge in [0.05, 0.1) is 45.1 Å². The summed E-state index contributed by atoms with van der Waals surface area (Å²) >= 11 is 0. The molecule has 3 rings (SSSR count). The first-order valence-electron chi connectivity index (χ1n) is 9.81. The smallest absolute Gasteiger partial charge is 0.295 e. The number of methoxy groups -OCH3 is 1. The lowest BCUT2D eigenvalue weighted by Gasteiger charge is -2.25. The number of likely N-dealkylation sites (tertiary alicyclic amines) is 1. The number of amides is 1. The number of carbonyl (C=O) groups excluding carboxylic acids is 2. The van der Waals surface area contributed by atoms with Gasteiger partial charge in [0.15, 0.2) is 0 Å². The Bertz CT molecular complexity index is 882. The number of nitrogens with zero attached hydrogens (tertiary/aromatic N) is 1. The monoisotopic (exact) mass is 399 g/mol. The first-order valence-corrected chi connectivity index (χ1v) is 9.81. The van der Waals surface area contributed by atoms with Crippen LogP contribution in [0.5, 0.6) is 5.75 Å². The number of benzene rings is 1. The molecule has 0 radical (unpaired) electrons. The Balaban J connectivity index is 2.02. The minimum atomic E-state index is -0.748. The third-order valence-electron chi connectivity index (χ3n) is 5.42. The molecule has 1 amide bonds. The van der Waals surface area contributed by atoms with Crippen molar-refractivity contribution in [3.8, 4) is 5.75 Å². The number of aliphatic hydroxyl groups excluding tert-OH is 1. The molecule has 154 valence electrons. The molecule has 1 aliphatic rings. The minimum Gasteiger partial charge on any atom is -0.507 e. The van der Waals surface area contributed by atoms with E-state index in [4.69, 9.17) is 9.15 Å². The predicted octanol–water partition coefficient (Wildman–Crippen LogP) is 1.63. The number of Topliss-reactive ketones (excluding diaryl/α,β-unsaturated/α-hetero) is 1. The lowest BCUT2D eigenvalue weighted by atomic mass is 9.99. The fourth-order valence-corrected chi connectivity index (χ4v) is 3.64. The average Bonchev–Trinajstić information content (AvgIpc) is 3.36. The van der Waals surface area contributed by atoms with Gasteiger partial charge in [0, 0.05) is 5.56 Å². The van der Waals surface area contributed by atoms with Gasteiger partial charge in [-0.3, -0.25) is 9.59 Å². The highest BCUT2D eigenvalue weighted by atomic mass is 16.5. The molecule has 7 nitrogen and oxygen atoms in total. The molecule has 2 heterocycles. The summed E-state index contributed by atoms with van der Waals surface area (Å²) in [5, 5.41) is 10.9. The zero-order valence-corrected chi connectivity index (χ0v) is 17.0. The maximum atomic E-state index is 12.9. The van der Waals surface area contributed by atoms with Crippen LogP contribution in [0.25, 0.3) is 5.76 Å². The van der Waals surface area contributed by atoms with Gasteiger partial charge in [0.1, 0.15) is 23.3 Å². The van der Waals surface area contributed by atoms with E-state index in [0.29, 0.717) is 30.2 Å². The van der Waals surface area contributed by atoms with Crippen molar-refractivity contribution < 1.29 is 28.7 Å². The molecule has 7 heteroatoms. The van der Waals surface area contributed by atoms with Crippen molar-refractivity contribution in [2.75, 3.05) is 33.3 Å². The Hall–Kier alpha value is -3.06. The first-order chi connectivity index (χ1) is 14.0. The van der Waals surface area contributed by atoms with Gasteiger partial charge < -0.3 is 24.1 Å². The van der Waals surface area contributed by atoms with E-state index in [1.165, 1.54) is 16.1 Å². The number of aliphatic hydroxyl groups is 1. The maximum Gasteiger partial charge on any atom is 0.295 e. The van der Waals surface area contributed by atoms with Crippen molar-refractivity contribution in [2.45, 2.75) is 19.9 Å². The topological polar surface area (TPSA) is 84.4 Å². The second-order valence-electron chi connectivity index (χ2n) is 6.94. The molecule has 1 atom stereocenters. The van der Waals surface area contributed by atoms with Crippen molar-refractivity contribution in [1.82, 2.24) is 4.90 Å². The number of furan rings is 1. The van der Waals surface area contributed by atoms with Crippen LogP contribution in [0.15, 0.2) is 52.7 Å². The van der Waals surface area contributed by atoms with E-state index in [-0.39, 0.29) is 11.3 Å². The summed E-state index contributed by atoms with van der Waals surface area (Å²) in [7, 11) is 1.55. The molecule has 29 heavy (non-hydrogen) atoms. The molecule has 1 saturated heterocycles. The Labute approximate surface area is 170 Å². The predicted molar refractivity (Wildman–Crippen MR) is 108 cm³/mol. The van der Waals surface area contributed by atoms with E-state index in [1.807, 2.05) is 0 Å². The fourth-order valence-electron chi connectivity index (χ4n) is 3.64. The molecule has 0 saturated carbocycles. The standard InChI is InChI=1S/C22H26N2O5/c1-4-23(5-2)12-13-24-19(17-7-6-14-29-17)18(21(26)22(24)27)20(25)15-8-10-16(28-3)11-9-15/h6-11,14,19,25H,4-5,12-13H2,1-3H3/p+1/b20-18-/t19-/m0/s1. The highest BCUT2D eigenvalue weighted by Crippen LogP contribution is 2.39. The summed E-state index contributed by atoms with van der Waals surface area (Å²) < 4.78 is 10.7. The van der Waals surface area contributed by atoms with E-state index >= 15 is 0 Å². The van der Waals surface area contributed by atoms with Crippen LogP contribution in [0.1, 0.15) is 31.2 Å². The van der Waals surface area contributed by atoms with Gasteiger partial charge in [-0.05, 0) is 50.2 Å². The summed E-state index contributed by atoms with van der Waals surface area (Å²) in [6, 6.07) is 9.37. The summed E-state index contributed by atoms with van der Waals surface area (Å²) in [5.74, 6) is -0.451. The van der Waals surface area contributed by atoms with Crippen LogP contribution < -0.4 is 9.64 Å². The maximum absolute atomic E-state index is 12.9. The van der Waals surface area contributed by atoms with Gasteiger partial charge in [-0.25, -0.2) is 0 Å². The van der Waals surface area contributed by atoms with Crippen LogP contribution in [0.4, 0.5) is 0 Å². The zero-order valence-electron chi connectivity index (χ0n) is 17.0. The highest BCUT2D eigenvalue weighted by molar-refractivity contribution is 6.46. The van der Waals surface area contributed by atoms with Crippen molar-refractivity contribution >= 4 is 17.4 Å². The number of hydrogen-bond acceptors (Lipinski definition) is 5. The quantitative estimate of drug-likeness (QED) is 0.401. The number of hydrogen-bond donors (Lipinski definition) is 2. The summed E-state index contributed by atoms with van der Waals surface area (Å²) in [4.78, 5) is 28.5. The van der Waals surface area contributed by atoms with E-state index in [1.54, 1.807) is 43.5 Å². The van der Waals surface area contributed by atoms with E-state index in [2.05, 4.69) is 13.8 Å². The first kappa shape index (κ1) is 20.7. The third-order valence-corrected chi connectivity index (χ3v) is 5.42. The number of likely N-dealkylation sites (N-methyl/N-ethyl adjacent to an activating group) is 1. The van der Waals surface area contributed by atoms with Crippen LogP contribution in [0.2, 0.25) is 0 Å². The largest absolute Gasteiger partial charge is 0.507 e. The molecule has 2 N–H and O–H groups in total. The third kappa shape index (κ3) is 4.05. The Kier molecular flexibility index (Phi) is 6.39. The minimum absolute atomic E-state index is 0.0460. The van der Waals surface area contributed by atoms with Crippen LogP contribution in [0, 0.1) is 0 Å². The van der Waals surface area contributed by atoms with Gasteiger partial charge in [0.2, 0.25) is 0 Å². The summed E-state index contributed by atoms with van der Waals surface area (Å²) in [6.07, 6.45) is 1.50. The van der Waals surface area contributed by atoms with E-state index in [0.717, 1.165) is 13.1 Å². The van der Waals surface area contributed by atoms with Crippen LogP contribution in [-0.2, 0) is 9.59 Å². The van der Waals surface area contributed by atoms with Gasteiger partial charge in [-0.15, -0.1) is 0 Å². The molecule has 1 fully saturated rings. The number of carbonyl (C=O) groups is 2. The van der Waals surface area contributed by atoms with Crippen molar-refractivity contribution in [3.63, 3.8) is 0 Å². The number of ketones is 1. The van der Waals surface area contributed by atoms with Crippen LogP contribution in [-0.4, -0.2) is 55.0 Å². The lowest BCUT2D eigenvalue weighted by molar-refractivity contribution is -0.895. The average molecular weight is 399 g/mol. The zero-order chi connectivity index (χ0) is 21.0. The molecule has 0 bridgehead atoms. The van der Waals surface area contributed by atoms with Crippen LogP contribution in [0.3, 0.4) is 0 Å². The normalized spacial score (nSPS) is 18.6. The van der Waals surface area contributed by atoms with Crippen molar-refractivity contribution in [1.29, 1.82) is 0 Å². The fraction of sp³-hybridized carbons (Fsp3) is 0.364. The Morgan fingerprint density at radius 2 is 1.86 bits per heavy atom. The molecule has 0 unspecified atom stereocenters. The highest BCUT2D eigenvalue weighted by Gasteiger charge is 2.47. The number of rotatable bonds is 8. The molecule has 0 spiro atoms. The molecular weight excluding hydrogens is 372 g/mol. The van der Waals surface area contributed by atoms with Gasteiger partial charge >= 0.3 is 0 Å². The van der Waals surface area contributed by atoms with Gasteiger partial charge in [-0.2, -0.15) is 0 Å². The molecule has 0 aliphatic carbocycles. The van der Waals surface area contributed by atoms with E-state index in [9.17, 15) is 14.7 Å². The van der Waals surface area contributed by atoms with Gasteiger partial charge in [-0.1, -0.05) is 0 Å². The van der Waals surface area contributed by atoms with E-state index < -0.39 is 17.7 Å². The second-order valence-corrected chi connectivity index (χ2v) is 6.94. The number of nitrogens with one attached hydrogen (secondary N) is 1. The number of ether oxygens (including phenoxy) is 1. The lowest BCUT2D eigenvalue weighted by Crippen LogP contribution is -3.12. The molecule has 1 aliphatic heterocycles. The second kappa shape index (κ2) is 8.96. The Morgan fingerprint density at radius 1 is 1.17 bits per heavy atom. The SMILES string of the molecule is CC[NH+](CC)CCN1C(=O)C(=O)/C(=C(\O)c2ccc(OC)cc2)[C@@H]1c1ccco1. The molecule has 1 aromatic heterocycles. The van der Waals surface area contributed by atoms with Gasteiger partial charge in [0.25, 0.3) is 11.7 Å². The van der Waals surface area contributed by atoms with Crippen LogP contribution >= 0.6 is 0 Å². The molecule has 2 aromatic rings. The van der Waals surface area contributed by atoms with Crippen molar-refractivity contribution in [3.05, 3.63) is 59.6 Å². The molecule has 1 aromatic carbocycles.